The van der Waals surface area contributed by atoms with E-state index in [0.717, 1.165) is 19.3 Å². The molecular formula is C10H15NO. The van der Waals surface area contributed by atoms with E-state index >= 15 is 0 Å². The van der Waals surface area contributed by atoms with Crippen molar-refractivity contribution in [2.24, 2.45) is 17.8 Å². The predicted octanol–water partition coefficient (Wildman–Crippen LogP) is 2.15. The number of ketones is 1. The Bertz CT molecular complexity index is 216. The first-order valence-corrected chi connectivity index (χ1v) is 4.57. The van der Waals surface area contributed by atoms with E-state index in [-0.39, 0.29) is 17.6 Å². The third-order valence-corrected chi connectivity index (χ3v) is 2.94. The van der Waals surface area contributed by atoms with Crippen molar-refractivity contribution in [2.45, 2.75) is 33.1 Å². The normalized spacial score (nSPS) is 31.1. The van der Waals surface area contributed by atoms with Crippen LogP contribution in [-0.4, -0.2) is 5.78 Å². The van der Waals surface area contributed by atoms with Crippen molar-refractivity contribution in [1.82, 2.24) is 0 Å². The summed E-state index contributed by atoms with van der Waals surface area (Å²) >= 11 is 0. The Morgan fingerprint density at radius 1 is 1.58 bits per heavy atom. The van der Waals surface area contributed by atoms with Gasteiger partial charge in [-0.15, -0.1) is 0 Å². The van der Waals surface area contributed by atoms with Crippen LogP contribution >= 0.6 is 0 Å². The summed E-state index contributed by atoms with van der Waals surface area (Å²) in [6.45, 7) is 3.57. The second kappa shape index (κ2) is 3.71. The maximum Gasteiger partial charge on any atom is 0.133 e. The van der Waals surface area contributed by atoms with Gasteiger partial charge in [0.1, 0.15) is 5.78 Å². The number of hydrogen-bond donors (Lipinski definition) is 0. The van der Waals surface area contributed by atoms with Gasteiger partial charge in [-0.1, -0.05) is 6.42 Å². The Labute approximate surface area is 73.6 Å². The topological polar surface area (TPSA) is 40.9 Å². The third-order valence-electron chi connectivity index (χ3n) is 2.94. The minimum absolute atomic E-state index is 0.0430. The van der Waals surface area contributed by atoms with Crippen molar-refractivity contribution in [3.63, 3.8) is 0 Å². The highest BCUT2D eigenvalue weighted by Gasteiger charge is 2.34. The van der Waals surface area contributed by atoms with Gasteiger partial charge < -0.3 is 0 Å². The SMILES string of the molecule is CC(=O)C1CCCC1C(C)C#N. The van der Waals surface area contributed by atoms with Crippen molar-refractivity contribution in [3.05, 3.63) is 0 Å². The second-order valence-corrected chi connectivity index (χ2v) is 3.73. The largest absolute Gasteiger partial charge is 0.300 e. The lowest BCUT2D eigenvalue weighted by Crippen LogP contribution is -2.21. The molecular weight excluding hydrogens is 150 g/mol. The van der Waals surface area contributed by atoms with Crippen molar-refractivity contribution in [2.75, 3.05) is 0 Å². The summed E-state index contributed by atoms with van der Waals surface area (Å²) in [4.78, 5) is 11.2. The molecule has 1 aliphatic carbocycles. The molecule has 0 N–H and O–H groups in total. The highest BCUT2D eigenvalue weighted by Crippen LogP contribution is 2.37. The Morgan fingerprint density at radius 3 is 2.75 bits per heavy atom. The molecule has 12 heavy (non-hydrogen) atoms. The summed E-state index contributed by atoms with van der Waals surface area (Å²) in [7, 11) is 0. The fourth-order valence-corrected chi connectivity index (χ4v) is 2.19. The molecule has 1 saturated carbocycles. The van der Waals surface area contributed by atoms with Crippen LogP contribution in [0.3, 0.4) is 0 Å². The molecule has 0 radical (unpaired) electrons. The lowest BCUT2D eigenvalue weighted by atomic mass is 9.84. The van der Waals surface area contributed by atoms with Gasteiger partial charge in [0.05, 0.1) is 6.07 Å². The van der Waals surface area contributed by atoms with Crippen molar-refractivity contribution < 1.29 is 4.79 Å². The van der Waals surface area contributed by atoms with E-state index < -0.39 is 0 Å². The van der Waals surface area contributed by atoms with Crippen LogP contribution in [0, 0.1) is 29.1 Å². The highest BCUT2D eigenvalue weighted by atomic mass is 16.1. The smallest absolute Gasteiger partial charge is 0.133 e. The molecule has 1 fully saturated rings. The molecule has 0 aromatic rings. The number of Topliss-reactive ketones (excluding diaryl/α,β-unsaturated/α-hetero) is 1. The zero-order valence-electron chi connectivity index (χ0n) is 7.71. The molecule has 0 aliphatic heterocycles. The Morgan fingerprint density at radius 2 is 2.25 bits per heavy atom. The number of rotatable bonds is 2. The summed E-state index contributed by atoms with van der Waals surface area (Å²) < 4.78 is 0. The monoisotopic (exact) mass is 165 g/mol. The van der Waals surface area contributed by atoms with Crippen molar-refractivity contribution >= 4 is 5.78 Å². The lowest BCUT2D eigenvalue weighted by molar-refractivity contribution is -0.122. The molecule has 0 heterocycles. The fraction of sp³-hybridized carbons (Fsp3) is 0.800. The average Bonchev–Trinajstić information content (AvgIpc) is 2.50. The van der Waals surface area contributed by atoms with E-state index in [1.807, 2.05) is 6.92 Å². The molecule has 2 nitrogen and oxygen atoms in total. The van der Waals surface area contributed by atoms with Gasteiger partial charge in [0, 0.05) is 11.8 Å². The second-order valence-electron chi connectivity index (χ2n) is 3.73. The van der Waals surface area contributed by atoms with Crippen LogP contribution < -0.4 is 0 Å². The zero-order valence-corrected chi connectivity index (χ0v) is 7.71. The Hall–Kier alpha value is -0.840. The van der Waals surface area contributed by atoms with Crippen LogP contribution in [0.25, 0.3) is 0 Å². The van der Waals surface area contributed by atoms with Gasteiger partial charge in [-0.25, -0.2) is 0 Å². The van der Waals surface area contributed by atoms with E-state index in [0.29, 0.717) is 5.92 Å². The van der Waals surface area contributed by atoms with Crippen LogP contribution in [0.1, 0.15) is 33.1 Å². The van der Waals surface area contributed by atoms with Crippen LogP contribution in [0.15, 0.2) is 0 Å². The molecule has 0 amide bonds. The molecule has 0 saturated heterocycles. The maximum absolute atomic E-state index is 11.2. The zero-order chi connectivity index (χ0) is 9.14. The number of carbonyl (C=O) groups is 1. The summed E-state index contributed by atoms with van der Waals surface area (Å²) in [6.07, 6.45) is 3.16. The molecule has 66 valence electrons. The first kappa shape index (κ1) is 9.25. The van der Waals surface area contributed by atoms with Gasteiger partial charge >= 0.3 is 0 Å². The van der Waals surface area contributed by atoms with Gasteiger partial charge in [0.15, 0.2) is 0 Å². The number of nitriles is 1. The molecule has 1 aliphatic rings. The predicted molar refractivity (Wildman–Crippen MR) is 46.3 cm³/mol. The maximum atomic E-state index is 11.2. The fourth-order valence-electron chi connectivity index (χ4n) is 2.19. The van der Waals surface area contributed by atoms with E-state index in [4.69, 9.17) is 5.26 Å². The molecule has 0 aromatic carbocycles. The van der Waals surface area contributed by atoms with Crippen LogP contribution in [0.4, 0.5) is 0 Å². The van der Waals surface area contributed by atoms with E-state index in [2.05, 4.69) is 6.07 Å². The Balaban J connectivity index is 2.65. The first-order chi connectivity index (χ1) is 5.66. The van der Waals surface area contributed by atoms with Gasteiger partial charge in [-0.2, -0.15) is 5.26 Å². The number of carbonyl (C=O) groups excluding carboxylic acids is 1. The van der Waals surface area contributed by atoms with Gasteiger partial charge in [0.25, 0.3) is 0 Å². The molecule has 0 bridgehead atoms. The summed E-state index contributed by atoms with van der Waals surface area (Å²) in [5, 5.41) is 8.73. The average molecular weight is 165 g/mol. The molecule has 3 unspecified atom stereocenters. The van der Waals surface area contributed by atoms with E-state index in [9.17, 15) is 4.79 Å². The lowest BCUT2D eigenvalue weighted by Gasteiger charge is -2.18. The summed E-state index contributed by atoms with van der Waals surface area (Å²) in [6, 6.07) is 2.24. The molecule has 3 atom stereocenters. The van der Waals surface area contributed by atoms with Crippen LogP contribution in [0.2, 0.25) is 0 Å². The summed E-state index contributed by atoms with van der Waals surface area (Å²) in [5.74, 6) is 0.799. The van der Waals surface area contributed by atoms with Crippen LogP contribution in [-0.2, 0) is 4.79 Å². The molecule has 0 aromatic heterocycles. The number of nitrogens with zero attached hydrogens (tertiary/aromatic N) is 1. The quantitative estimate of drug-likeness (QED) is 0.629. The van der Waals surface area contributed by atoms with Crippen LogP contribution in [0.5, 0.6) is 0 Å². The molecule has 1 rings (SSSR count). The van der Waals surface area contributed by atoms with Gasteiger partial charge in [0.2, 0.25) is 0 Å². The van der Waals surface area contributed by atoms with Gasteiger partial charge in [-0.05, 0) is 32.6 Å². The number of hydrogen-bond acceptors (Lipinski definition) is 2. The van der Waals surface area contributed by atoms with Crippen molar-refractivity contribution in [3.8, 4) is 6.07 Å². The highest BCUT2D eigenvalue weighted by molar-refractivity contribution is 5.78. The minimum atomic E-state index is 0.0430. The standard InChI is InChI=1S/C10H15NO/c1-7(6-11)9-4-3-5-10(9)8(2)12/h7,9-10H,3-5H2,1-2H3. The minimum Gasteiger partial charge on any atom is -0.300 e. The molecule has 0 spiro atoms. The van der Waals surface area contributed by atoms with E-state index in [1.54, 1.807) is 6.92 Å². The third kappa shape index (κ3) is 1.66. The van der Waals surface area contributed by atoms with Crippen molar-refractivity contribution in [1.29, 1.82) is 5.26 Å². The van der Waals surface area contributed by atoms with E-state index in [1.165, 1.54) is 0 Å². The molecule has 2 heteroatoms. The first-order valence-electron chi connectivity index (χ1n) is 4.57. The summed E-state index contributed by atoms with van der Waals surface area (Å²) in [5.41, 5.74) is 0. The Kier molecular flexibility index (Phi) is 2.86. The van der Waals surface area contributed by atoms with Gasteiger partial charge in [-0.3, -0.25) is 4.79 Å².